The Morgan fingerprint density at radius 1 is 0.848 bits per heavy atom. The van der Waals surface area contributed by atoms with Crippen LogP contribution in [0.15, 0.2) is 78.9 Å². The highest BCUT2D eigenvalue weighted by Crippen LogP contribution is 2.38. The van der Waals surface area contributed by atoms with E-state index in [1.807, 2.05) is 48.5 Å². The molecule has 0 aliphatic carbocycles. The van der Waals surface area contributed by atoms with Crippen molar-refractivity contribution in [3.05, 3.63) is 107 Å². The summed E-state index contributed by atoms with van der Waals surface area (Å²) in [6.07, 6.45) is 0.705. The summed E-state index contributed by atoms with van der Waals surface area (Å²) in [5.41, 5.74) is 4.94. The first kappa shape index (κ1) is 19.5. The van der Waals surface area contributed by atoms with E-state index in [1.54, 1.807) is 29.2 Å². The van der Waals surface area contributed by atoms with Gasteiger partial charge in [-0.3, -0.25) is 19.3 Å². The molecule has 0 saturated heterocycles. The Hall–Kier alpha value is -4.19. The third-order valence-electron chi connectivity index (χ3n) is 6.64. The number of aromatic nitrogens is 1. The van der Waals surface area contributed by atoms with Crippen LogP contribution in [0, 0.1) is 0 Å². The minimum absolute atomic E-state index is 0.248. The average molecular weight is 435 g/mol. The van der Waals surface area contributed by atoms with Gasteiger partial charge in [0.15, 0.2) is 0 Å². The molecule has 6 heteroatoms. The SMILES string of the molecule is O=C1c2ccccc2C(=O)N1CC(=O)N1CCc2c([nH]c3ccccc23)[C@@H]1c1ccccc1. The maximum absolute atomic E-state index is 13.6. The summed E-state index contributed by atoms with van der Waals surface area (Å²) in [6, 6.07) is 24.4. The maximum Gasteiger partial charge on any atom is 0.262 e. The molecule has 6 nitrogen and oxygen atoms in total. The van der Waals surface area contributed by atoms with Crippen LogP contribution in [0.3, 0.4) is 0 Å². The number of nitrogens with zero attached hydrogens (tertiary/aromatic N) is 2. The number of hydrogen-bond acceptors (Lipinski definition) is 3. The predicted molar refractivity (Wildman–Crippen MR) is 124 cm³/mol. The number of aromatic amines is 1. The minimum Gasteiger partial charge on any atom is -0.356 e. The largest absolute Gasteiger partial charge is 0.356 e. The van der Waals surface area contributed by atoms with Gasteiger partial charge < -0.3 is 9.88 Å². The highest BCUT2D eigenvalue weighted by Gasteiger charge is 2.40. The summed E-state index contributed by atoms with van der Waals surface area (Å²) in [7, 11) is 0. The highest BCUT2D eigenvalue weighted by atomic mass is 16.2. The fraction of sp³-hybridized carbons (Fsp3) is 0.148. The second-order valence-corrected chi connectivity index (χ2v) is 8.46. The molecule has 3 aromatic carbocycles. The Labute approximate surface area is 190 Å². The molecule has 0 saturated carbocycles. The number of carbonyl (C=O) groups is 3. The second kappa shape index (κ2) is 7.45. The van der Waals surface area contributed by atoms with Crippen molar-refractivity contribution in [2.75, 3.05) is 13.1 Å². The quantitative estimate of drug-likeness (QED) is 0.496. The van der Waals surface area contributed by atoms with Crippen molar-refractivity contribution in [2.24, 2.45) is 0 Å². The number of nitrogens with one attached hydrogen (secondary N) is 1. The second-order valence-electron chi connectivity index (χ2n) is 8.46. The average Bonchev–Trinajstić information content (AvgIpc) is 3.35. The molecule has 0 bridgehead atoms. The molecule has 1 aromatic heterocycles. The van der Waals surface area contributed by atoms with E-state index < -0.39 is 11.8 Å². The first-order valence-corrected chi connectivity index (χ1v) is 11.0. The van der Waals surface area contributed by atoms with E-state index in [0.717, 1.165) is 21.7 Å². The Kier molecular flexibility index (Phi) is 4.40. The van der Waals surface area contributed by atoms with Crippen LogP contribution in [-0.2, 0) is 11.2 Å². The van der Waals surface area contributed by atoms with Gasteiger partial charge in [-0.2, -0.15) is 0 Å². The van der Waals surface area contributed by atoms with Crippen LogP contribution >= 0.6 is 0 Å². The van der Waals surface area contributed by atoms with E-state index in [9.17, 15) is 14.4 Å². The van der Waals surface area contributed by atoms with Gasteiger partial charge in [0.25, 0.3) is 11.8 Å². The number of hydrogen-bond donors (Lipinski definition) is 1. The molecule has 1 N–H and O–H groups in total. The predicted octanol–water partition coefficient (Wildman–Crippen LogP) is 3.94. The fourth-order valence-corrected chi connectivity index (χ4v) is 5.10. The minimum atomic E-state index is -0.413. The molecule has 3 heterocycles. The van der Waals surface area contributed by atoms with E-state index in [2.05, 4.69) is 11.1 Å². The molecule has 2 aliphatic rings. The van der Waals surface area contributed by atoms with E-state index >= 15 is 0 Å². The van der Waals surface area contributed by atoms with Crippen LogP contribution in [0.4, 0.5) is 0 Å². The molecule has 6 rings (SSSR count). The van der Waals surface area contributed by atoms with Crippen molar-refractivity contribution >= 4 is 28.6 Å². The molecule has 1 atom stereocenters. The Balaban J connectivity index is 1.37. The number of amides is 3. The molecule has 4 aromatic rings. The molecule has 0 radical (unpaired) electrons. The van der Waals surface area contributed by atoms with Crippen LogP contribution in [0.25, 0.3) is 10.9 Å². The molecule has 2 aliphatic heterocycles. The van der Waals surface area contributed by atoms with Crippen LogP contribution in [0.5, 0.6) is 0 Å². The van der Waals surface area contributed by atoms with Gasteiger partial charge in [-0.25, -0.2) is 0 Å². The summed E-state index contributed by atoms with van der Waals surface area (Å²) in [6.45, 7) is 0.238. The lowest BCUT2D eigenvalue weighted by Crippen LogP contribution is -2.47. The van der Waals surface area contributed by atoms with Gasteiger partial charge in [0.05, 0.1) is 17.2 Å². The van der Waals surface area contributed by atoms with Gasteiger partial charge >= 0.3 is 0 Å². The van der Waals surface area contributed by atoms with E-state index in [0.29, 0.717) is 24.1 Å². The summed E-state index contributed by atoms with van der Waals surface area (Å²) in [4.78, 5) is 45.6. The number of fused-ring (bicyclic) bond motifs is 4. The third-order valence-corrected chi connectivity index (χ3v) is 6.64. The third kappa shape index (κ3) is 2.98. The van der Waals surface area contributed by atoms with Crippen LogP contribution in [-0.4, -0.2) is 45.6 Å². The molecule has 0 fully saturated rings. The van der Waals surface area contributed by atoms with Gasteiger partial charge in [0.2, 0.25) is 5.91 Å². The smallest absolute Gasteiger partial charge is 0.262 e. The Morgan fingerprint density at radius 2 is 1.48 bits per heavy atom. The van der Waals surface area contributed by atoms with Gasteiger partial charge in [-0.05, 0) is 35.7 Å². The lowest BCUT2D eigenvalue weighted by molar-refractivity contribution is -0.133. The number of para-hydroxylation sites is 1. The van der Waals surface area contributed by atoms with Crippen molar-refractivity contribution in [1.82, 2.24) is 14.8 Å². The molecule has 33 heavy (non-hydrogen) atoms. The molecule has 0 unspecified atom stereocenters. The zero-order valence-corrected chi connectivity index (χ0v) is 17.8. The fourth-order valence-electron chi connectivity index (χ4n) is 5.10. The maximum atomic E-state index is 13.6. The van der Waals surface area contributed by atoms with Crippen molar-refractivity contribution in [3.8, 4) is 0 Å². The lowest BCUT2D eigenvalue weighted by atomic mass is 9.92. The molecule has 162 valence electrons. The topological polar surface area (TPSA) is 73.5 Å². The van der Waals surface area contributed by atoms with Crippen molar-refractivity contribution in [1.29, 1.82) is 0 Å². The van der Waals surface area contributed by atoms with Gasteiger partial charge in [0, 0.05) is 23.1 Å². The van der Waals surface area contributed by atoms with Crippen molar-refractivity contribution < 1.29 is 14.4 Å². The number of imide groups is 1. The van der Waals surface area contributed by atoms with Gasteiger partial charge in [-0.1, -0.05) is 60.7 Å². The summed E-state index contributed by atoms with van der Waals surface area (Å²) >= 11 is 0. The lowest BCUT2D eigenvalue weighted by Gasteiger charge is -2.37. The van der Waals surface area contributed by atoms with Gasteiger partial charge in [-0.15, -0.1) is 0 Å². The zero-order valence-electron chi connectivity index (χ0n) is 17.8. The van der Waals surface area contributed by atoms with Gasteiger partial charge in [0.1, 0.15) is 6.54 Å². The van der Waals surface area contributed by atoms with Crippen LogP contribution in [0.1, 0.15) is 43.6 Å². The highest BCUT2D eigenvalue weighted by molar-refractivity contribution is 6.22. The summed E-state index contributed by atoms with van der Waals surface area (Å²) in [5, 5.41) is 1.17. The number of carbonyl (C=O) groups excluding carboxylic acids is 3. The molecular weight excluding hydrogens is 414 g/mol. The number of H-pyrrole nitrogens is 1. The molecular formula is C27H21N3O3. The van der Waals surface area contributed by atoms with Crippen molar-refractivity contribution in [2.45, 2.75) is 12.5 Å². The molecule has 0 spiro atoms. The summed E-state index contributed by atoms with van der Waals surface area (Å²) < 4.78 is 0. The standard InChI is InChI=1S/C27H21N3O3/c31-23(16-30-26(32)20-11-4-5-12-21(20)27(30)33)29-15-14-19-18-10-6-7-13-22(18)28-24(19)25(29)17-8-2-1-3-9-17/h1-13,25,28H,14-16H2/t25-/m0/s1. The van der Waals surface area contributed by atoms with Crippen molar-refractivity contribution in [3.63, 3.8) is 0 Å². The molecule has 3 amide bonds. The van der Waals surface area contributed by atoms with E-state index in [1.165, 1.54) is 10.9 Å². The van der Waals surface area contributed by atoms with Crippen LogP contribution in [0.2, 0.25) is 0 Å². The first-order chi connectivity index (χ1) is 16.1. The summed E-state index contributed by atoms with van der Waals surface area (Å²) in [5.74, 6) is -1.07. The normalized spacial score (nSPS) is 17.4. The van der Waals surface area contributed by atoms with E-state index in [-0.39, 0.29) is 18.5 Å². The first-order valence-electron chi connectivity index (χ1n) is 11.0. The van der Waals surface area contributed by atoms with Crippen LogP contribution < -0.4 is 0 Å². The number of benzene rings is 3. The Bertz CT molecular complexity index is 1390. The Morgan fingerprint density at radius 3 is 2.21 bits per heavy atom. The number of rotatable bonds is 3. The zero-order chi connectivity index (χ0) is 22.5. The van der Waals surface area contributed by atoms with E-state index in [4.69, 9.17) is 0 Å². The monoisotopic (exact) mass is 435 g/mol.